The minimum atomic E-state index is 0.230. The zero-order chi connectivity index (χ0) is 12.3. The van der Waals surface area contributed by atoms with Crippen LogP contribution in [-0.2, 0) is 6.54 Å². The maximum Gasteiger partial charge on any atom is 0.133 e. The van der Waals surface area contributed by atoms with Gasteiger partial charge < -0.3 is 10.4 Å². The highest BCUT2D eigenvalue weighted by molar-refractivity contribution is 5.17. The summed E-state index contributed by atoms with van der Waals surface area (Å²) in [6, 6.07) is 4.18. The molecule has 1 aliphatic rings. The molecule has 0 aliphatic heterocycles. The van der Waals surface area contributed by atoms with Crippen molar-refractivity contribution in [3.05, 3.63) is 24.0 Å². The molecule has 17 heavy (non-hydrogen) atoms. The monoisotopic (exact) mass is 234 g/mol. The summed E-state index contributed by atoms with van der Waals surface area (Å²) in [5, 5.41) is 12.7. The molecule has 3 unspecified atom stereocenters. The summed E-state index contributed by atoms with van der Waals surface area (Å²) in [5.74, 6) is 1.85. The number of rotatable bonds is 3. The van der Waals surface area contributed by atoms with Gasteiger partial charge in [-0.15, -0.1) is 0 Å². The van der Waals surface area contributed by atoms with E-state index in [1.54, 1.807) is 6.07 Å². The maximum absolute atomic E-state index is 9.16. The van der Waals surface area contributed by atoms with Crippen molar-refractivity contribution in [1.82, 2.24) is 10.3 Å². The number of aromatic hydroxyl groups is 1. The predicted octanol–water partition coefficient (Wildman–Crippen LogP) is 2.70. The van der Waals surface area contributed by atoms with Gasteiger partial charge in [0.2, 0.25) is 0 Å². The number of nitrogens with one attached hydrogen (secondary N) is 1. The molecule has 3 heteroatoms. The van der Waals surface area contributed by atoms with Crippen molar-refractivity contribution in [1.29, 1.82) is 0 Å². The van der Waals surface area contributed by atoms with Gasteiger partial charge >= 0.3 is 0 Å². The average Bonchev–Trinajstić information content (AvgIpc) is 2.30. The van der Waals surface area contributed by atoms with Crippen LogP contribution in [0, 0.1) is 11.8 Å². The van der Waals surface area contributed by atoms with E-state index >= 15 is 0 Å². The molecule has 94 valence electrons. The van der Waals surface area contributed by atoms with Crippen LogP contribution in [0.2, 0.25) is 0 Å². The zero-order valence-corrected chi connectivity index (χ0v) is 10.7. The quantitative estimate of drug-likeness (QED) is 0.845. The molecule has 3 nitrogen and oxygen atoms in total. The summed E-state index contributed by atoms with van der Waals surface area (Å²) in [6.07, 6.45) is 5.41. The second-order valence-corrected chi connectivity index (χ2v) is 5.39. The first kappa shape index (κ1) is 12.4. The number of hydrogen-bond acceptors (Lipinski definition) is 3. The molecule has 0 spiro atoms. The van der Waals surface area contributed by atoms with Gasteiger partial charge in [0, 0.05) is 12.6 Å². The first-order chi connectivity index (χ1) is 8.15. The fraction of sp³-hybridized carbons (Fsp3) is 0.643. The Morgan fingerprint density at radius 2 is 2.18 bits per heavy atom. The van der Waals surface area contributed by atoms with E-state index in [9.17, 15) is 0 Å². The van der Waals surface area contributed by atoms with E-state index in [0.29, 0.717) is 6.04 Å². The molecule has 2 N–H and O–H groups in total. The Morgan fingerprint density at radius 1 is 1.35 bits per heavy atom. The van der Waals surface area contributed by atoms with Crippen LogP contribution in [-0.4, -0.2) is 16.1 Å². The highest BCUT2D eigenvalue weighted by Gasteiger charge is 2.24. The van der Waals surface area contributed by atoms with E-state index in [0.717, 1.165) is 24.1 Å². The van der Waals surface area contributed by atoms with Crippen LogP contribution in [0.4, 0.5) is 0 Å². The fourth-order valence-corrected chi connectivity index (χ4v) is 2.73. The molecule has 0 aromatic carbocycles. The molecule has 1 saturated carbocycles. The number of pyridine rings is 1. The minimum Gasteiger partial charge on any atom is -0.506 e. The van der Waals surface area contributed by atoms with Crippen LogP contribution < -0.4 is 5.32 Å². The molecule has 0 radical (unpaired) electrons. The van der Waals surface area contributed by atoms with Gasteiger partial charge in [-0.3, -0.25) is 4.98 Å². The third kappa shape index (κ3) is 3.43. The van der Waals surface area contributed by atoms with Crippen molar-refractivity contribution in [2.24, 2.45) is 11.8 Å². The Balaban J connectivity index is 1.83. The van der Waals surface area contributed by atoms with Crippen LogP contribution in [0.1, 0.15) is 38.8 Å². The lowest BCUT2D eigenvalue weighted by molar-refractivity contribution is 0.226. The van der Waals surface area contributed by atoms with Crippen LogP contribution in [0.5, 0.6) is 5.75 Å². The Morgan fingerprint density at radius 3 is 2.82 bits per heavy atom. The third-order valence-electron chi connectivity index (χ3n) is 3.79. The molecule has 1 heterocycles. The normalized spacial score (nSPS) is 29.2. The highest BCUT2D eigenvalue weighted by Crippen LogP contribution is 2.28. The molecular weight excluding hydrogens is 212 g/mol. The molecule has 3 atom stereocenters. The van der Waals surface area contributed by atoms with Crippen LogP contribution >= 0.6 is 0 Å². The molecule has 0 amide bonds. The maximum atomic E-state index is 9.16. The van der Waals surface area contributed by atoms with Crippen LogP contribution in [0.15, 0.2) is 18.3 Å². The molecule has 2 rings (SSSR count). The van der Waals surface area contributed by atoms with Gasteiger partial charge in [0.1, 0.15) is 5.75 Å². The lowest BCUT2D eigenvalue weighted by Crippen LogP contribution is -2.38. The van der Waals surface area contributed by atoms with Gasteiger partial charge in [0.05, 0.1) is 11.9 Å². The van der Waals surface area contributed by atoms with Gasteiger partial charge in [0.15, 0.2) is 0 Å². The Labute approximate surface area is 103 Å². The van der Waals surface area contributed by atoms with Gasteiger partial charge in [-0.2, -0.15) is 0 Å². The van der Waals surface area contributed by atoms with Crippen molar-refractivity contribution in [3.8, 4) is 5.75 Å². The first-order valence-corrected chi connectivity index (χ1v) is 6.52. The predicted molar refractivity (Wildman–Crippen MR) is 68.7 cm³/mol. The molecular formula is C14H22N2O. The van der Waals surface area contributed by atoms with Crippen LogP contribution in [0.25, 0.3) is 0 Å². The molecule has 1 aromatic heterocycles. The zero-order valence-electron chi connectivity index (χ0n) is 10.7. The van der Waals surface area contributed by atoms with Crippen molar-refractivity contribution in [2.75, 3.05) is 0 Å². The minimum absolute atomic E-state index is 0.230. The summed E-state index contributed by atoms with van der Waals surface area (Å²) in [7, 11) is 0. The summed E-state index contributed by atoms with van der Waals surface area (Å²) >= 11 is 0. The second-order valence-electron chi connectivity index (χ2n) is 5.39. The number of aromatic nitrogens is 1. The topological polar surface area (TPSA) is 45.1 Å². The lowest BCUT2D eigenvalue weighted by Gasteiger charge is -2.33. The standard InChI is InChI=1S/C14H22N2O/c1-10-3-6-14(11(2)7-10)16-8-12-4-5-13(17)9-15-12/h4-5,9-11,14,16-17H,3,6-8H2,1-2H3. The van der Waals surface area contributed by atoms with Crippen molar-refractivity contribution in [3.63, 3.8) is 0 Å². The molecule has 1 aliphatic carbocycles. The van der Waals surface area contributed by atoms with Crippen LogP contribution in [0.3, 0.4) is 0 Å². The van der Waals surface area contributed by atoms with Gasteiger partial charge in [-0.05, 0) is 43.2 Å². The summed E-state index contributed by atoms with van der Waals surface area (Å²) in [5.41, 5.74) is 0.994. The van der Waals surface area contributed by atoms with Gasteiger partial charge in [0.25, 0.3) is 0 Å². The van der Waals surface area contributed by atoms with Gasteiger partial charge in [-0.1, -0.05) is 13.8 Å². The second kappa shape index (κ2) is 5.50. The summed E-state index contributed by atoms with van der Waals surface area (Å²) < 4.78 is 0. The Kier molecular flexibility index (Phi) is 4.00. The van der Waals surface area contributed by atoms with E-state index in [4.69, 9.17) is 5.11 Å². The Bertz CT molecular complexity index is 350. The molecule has 0 saturated heterocycles. The van der Waals surface area contributed by atoms with Crippen molar-refractivity contribution in [2.45, 2.75) is 45.7 Å². The van der Waals surface area contributed by atoms with E-state index in [1.165, 1.54) is 25.5 Å². The molecule has 1 fully saturated rings. The smallest absolute Gasteiger partial charge is 0.133 e. The summed E-state index contributed by atoms with van der Waals surface area (Å²) in [6.45, 7) is 5.47. The highest BCUT2D eigenvalue weighted by atomic mass is 16.3. The average molecular weight is 234 g/mol. The molecule has 0 bridgehead atoms. The van der Waals surface area contributed by atoms with E-state index in [2.05, 4.69) is 24.1 Å². The van der Waals surface area contributed by atoms with Crippen molar-refractivity contribution >= 4 is 0 Å². The molecule has 1 aromatic rings. The largest absolute Gasteiger partial charge is 0.506 e. The van der Waals surface area contributed by atoms with Crippen molar-refractivity contribution < 1.29 is 5.11 Å². The third-order valence-corrected chi connectivity index (χ3v) is 3.79. The van der Waals surface area contributed by atoms with Gasteiger partial charge in [-0.25, -0.2) is 0 Å². The first-order valence-electron chi connectivity index (χ1n) is 6.52. The van der Waals surface area contributed by atoms with E-state index in [-0.39, 0.29) is 5.75 Å². The summed E-state index contributed by atoms with van der Waals surface area (Å²) in [4.78, 5) is 4.19. The fourth-order valence-electron chi connectivity index (χ4n) is 2.73. The lowest BCUT2D eigenvalue weighted by atomic mass is 9.80. The number of nitrogens with zero attached hydrogens (tertiary/aromatic N) is 1. The van der Waals surface area contributed by atoms with E-state index < -0.39 is 0 Å². The Hall–Kier alpha value is -1.09. The number of hydrogen-bond donors (Lipinski definition) is 2. The van der Waals surface area contributed by atoms with E-state index in [1.807, 2.05) is 6.07 Å². The SMILES string of the molecule is CC1CCC(NCc2ccc(O)cn2)C(C)C1.